The van der Waals surface area contributed by atoms with Gasteiger partial charge in [0.1, 0.15) is 11.6 Å². The Morgan fingerprint density at radius 1 is 1.11 bits per heavy atom. The molecule has 1 aromatic heterocycles. The molecule has 3 aromatic rings. The minimum atomic E-state index is -0.872. The van der Waals surface area contributed by atoms with E-state index < -0.39 is 17.5 Å². The molecule has 0 aliphatic carbocycles. The highest BCUT2D eigenvalue weighted by Gasteiger charge is 2.24. The number of aromatic nitrogens is 1. The molecule has 0 radical (unpaired) electrons. The maximum absolute atomic E-state index is 14.2. The molecule has 0 spiro atoms. The summed E-state index contributed by atoms with van der Waals surface area (Å²) in [6.07, 6.45) is 0. The van der Waals surface area contributed by atoms with Crippen molar-refractivity contribution < 1.29 is 13.6 Å². The van der Waals surface area contributed by atoms with Crippen LogP contribution in [0.1, 0.15) is 21.5 Å². The van der Waals surface area contributed by atoms with Gasteiger partial charge in [0.15, 0.2) is 5.13 Å². The van der Waals surface area contributed by atoms with E-state index in [0.717, 1.165) is 33.5 Å². The summed E-state index contributed by atoms with van der Waals surface area (Å²) in [7, 11) is 3.79. The summed E-state index contributed by atoms with van der Waals surface area (Å²) >= 11 is 1.39. The molecular weight excluding hydrogens is 404 g/mol. The lowest BCUT2D eigenvalue weighted by Gasteiger charge is -2.22. The second-order valence-corrected chi connectivity index (χ2v) is 7.74. The molecule has 0 atom stereocenters. The molecule has 0 aliphatic heterocycles. The van der Waals surface area contributed by atoms with Crippen LogP contribution in [-0.2, 0) is 0 Å². The van der Waals surface area contributed by atoms with Crippen LogP contribution in [0.2, 0.25) is 0 Å². The van der Waals surface area contributed by atoms with E-state index >= 15 is 0 Å². The van der Waals surface area contributed by atoms with Gasteiger partial charge in [0.2, 0.25) is 0 Å². The van der Waals surface area contributed by atoms with Crippen molar-refractivity contribution in [2.24, 2.45) is 0 Å². The lowest BCUT2D eigenvalue weighted by atomic mass is 10.1. The molecule has 8 heteroatoms. The third-order valence-corrected chi connectivity index (χ3v) is 5.53. The number of benzene rings is 2. The summed E-state index contributed by atoms with van der Waals surface area (Å²) in [6.45, 7) is 4.94. The SMILES string of the molecule is Cc1ccc2sc(N(CCN(C)C)C(=O)c3ccc(F)cc3F)nc2c1C.Cl. The number of hydrogen-bond acceptors (Lipinski definition) is 4. The van der Waals surface area contributed by atoms with E-state index in [1.807, 2.05) is 45.0 Å². The Kier molecular flexibility index (Phi) is 7.09. The van der Waals surface area contributed by atoms with Gasteiger partial charge in [-0.15, -0.1) is 12.4 Å². The molecule has 0 saturated carbocycles. The van der Waals surface area contributed by atoms with Gasteiger partial charge in [0.25, 0.3) is 5.91 Å². The number of halogens is 3. The number of hydrogen-bond donors (Lipinski definition) is 0. The number of nitrogens with zero attached hydrogens (tertiary/aromatic N) is 3. The molecule has 1 amide bonds. The maximum atomic E-state index is 14.2. The number of amides is 1. The highest BCUT2D eigenvalue weighted by atomic mass is 35.5. The van der Waals surface area contributed by atoms with Crippen LogP contribution in [-0.4, -0.2) is 43.0 Å². The molecule has 0 aliphatic rings. The smallest absolute Gasteiger partial charge is 0.263 e. The summed E-state index contributed by atoms with van der Waals surface area (Å²) in [4.78, 5) is 21.1. The summed E-state index contributed by atoms with van der Waals surface area (Å²) in [5, 5.41) is 0.509. The van der Waals surface area contributed by atoms with E-state index in [2.05, 4.69) is 4.98 Å². The fourth-order valence-corrected chi connectivity index (χ4v) is 3.77. The predicted octanol–water partition coefficient (Wildman–Crippen LogP) is 4.82. The highest BCUT2D eigenvalue weighted by molar-refractivity contribution is 7.22. The second kappa shape index (κ2) is 8.94. The third kappa shape index (κ3) is 4.48. The first-order valence-corrected chi connectivity index (χ1v) is 9.38. The number of fused-ring (bicyclic) bond motifs is 1. The normalized spacial score (nSPS) is 11.0. The molecule has 1 heterocycles. The molecule has 0 unspecified atom stereocenters. The van der Waals surface area contributed by atoms with E-state index in [9.17, 15) is 13.6 Å². The van der Waals surface area contributed by atoms with Gasteiger partial charge < -0.3 is 4.90 Å². The molecule has 0 N–H and O–H groups in total. The van der Waals surface area contributed by atoms with Crippen LogP contribution in [0.5, 0.6) is 0 Å². The quantitative estimate of drug-likeness (QED) is 0.588. The van der Waals surface area contributed by atoms with Crippen LogP contribution in [0.25, 0.3) is 10.2 Å². The lowest BCUT2D eigenvalue weighted by molar-refractivity contribution is 0.0981. The molecule has 0 saturated heterocycles. The second-order valence-electron chi connectivity index (χ2n) is 6.73. The van der Waals surface area contributed by atoms with E-state index in [4.69, 9.17) is 0 Å². The summed E-state index contributed by atoms with van der Waals surface area (Å²) in [5.74, 6) is -2.11. The number of aryl methyl sites for hydroxylation is 2. The molecule has 3 rings (SSSR count). The summed E-state index contributed by atoms with van der Waals surface area (Å²) < 4.78 is 28.4. The Morgan fingerprint density at radius 3 is 2.46 bits per heavy atom. The Hall–Kier alpha value is -2.09. The molecule has 0 bridgehead atoms. The minimum absolute atomic E-state index is 0. The Morgan fingerprint density at radius 2 is 1.82 bits per heavy atom. The first-order valence-electron chi connectivity index (χ1n) is 8.56. The highest BCUT2D eigenvalue weighted by Crippen LogP contribution is 2.32. The van der Waals surface area contributed by atoms with Crippen molar-refractivity contribution in [2.75, 3.05) is 32.1 Å². The van der Waals surface area contributed by atoms with Gasteiger partial charge in [-0.2, -0.15) is 0 Å². The van der Waals surface area contributed by atoms with E-state index in [1.54, 1.807) is 0 Å². The first-order chi connectivity index (χ1) is 12.8. The maximum Gasteiger partial charge on any atom is 0.263 e. The number of thiazole rings is 1. The van der Waals surface area contributed by atoms with E-state index in [0.29, 0.717) is 18.2 Å². The van der Waals surface area contributed by atoms with Crippen LogP contribution < -0.4 is 4.90 Å². The third-order valence-electron chi connectivity index (χ3n) is 4.48. The van der Waals surface area contributed by atoms with Crippen molar-refractivity contribution in [1.29, 1.82) is 0 Å². The lowest BCUT2D eigenvalue weighted by Crippen LogP contribution is -2.37. The number of rotatable bonds is 5. The zero-order valence-corrected chi connectivity index (χ0v) is 17.8. The Labute approximate surface area is 173 Å². The van der Waals surface area contributed by atoms with Gasteiger partial charge in [0, 0.05) is 19.2 Å². The minimum Gasteiger partial charge on any atom is -0.308 e. The average molecular weight is 426 g/mol. The van der Waals surface area contributed by atoms with Crippen LogP contribution in [0.15, 0.2) is 30.3 Å². The molecule has 4 nitrogen and oxygen atoms in total. The number of carbonyl (C=O) groups is 1. The molecular formula is C20H22ClF2N3OS. The van der Waals surface area contributed by atoms with Crippen molar-refractivity contribution >= 4 is 45.0 Å². The van der Waals surface area contributed by atoms with Crippen molar-refractivity contribution in [1.82, 2.24) is 9.88 Å². The van der Waals surface area contributed by atoms with Gasteiger partial charge in [-0.1, -0.05) is 17.4 Å². The summed E-state index contributed by atoms with van der Waals surface area (Å²) in [5.41, 5.74) is 2.86. The largest absolute Gasteiger partial charge is 0.308 e. The topological polar surface area (TPSA) is 36.4 Å². The van der Waals surface area contributed by atoms with Gasteiger partial charge in [-0.25, -0.2) is 13.8 Å². The van der Waals surface area contributed by atoms with Crippen LogP contribution in [0.4, 0.5) is 13.9 Å². The molecule has 28 heavy (non-hydrogen) atoms. The standard InChI is InChI=1S/C20H21F2N3OS.ClH/c1-12-5-8-17-18(13(12)2)23-20(27-17)25(10-9-24(3)4)19(26)15-7-6-14(21)11-16(15)22;/h5-8,11H,9-10H2,1-4H3;1H. The monoisotopic (exact) mass is 425 g/mol. The zero-order chi connectivity index (χ0) is 19.7. The van der Waals surface area contributed by atoms with Crippen molar-refractivity contribution in [3.8, 4) is 0 Å². The van der Waals surface area contributed by atoms with Gasteiger partial charge >= 0.3 is 0 Å². The van der Waals surface area contributed by atoms with Crippen LogP contribution in [0, 0.1) is 25.5 Å². The molecule has 150 valence electrons. The van der Waals surface area contributed by atoms with Crippen molar-refractivity contribution in [3.05, 3.63) is 58.7 Å². The average Bonchev–Trinajstić information content (AvgIpc) is 3.02. The van der Waals surface area contributed by atoms with Crippen LogP contribution in [0.3, 0.4) is 0 Å². The fraction of sp³-hybridized carbons (Fsp3) is 0.300. The van der Waals surface area contributed by atoms with E-state index in [-0.39, 0.29) is 18.0 Å². The molecule has 0 fully saturated rings. The molecule has 2 aromatic carbocycles. The number of carbonyl (C=O) groups excluding carboxylic acids is 1. The number of anilines is 1. The van der Waals surface area contributed by atoms with Gasteiger partial charge in [-0.3, -0.25) is 9.69 Å². The van der Waals surface area contributed by atoms with Crippen LogP contribution >= 0.6 is 23.7 Å². The first kappa shape index (κ1) is 22.2. The van der Waals surface area contributed by atoms with Gasteiger partial charge in [0.05, 0.1) is 15.8 Å². The summed E-state index contributed by atoms with van der Waals surface area (Å²) in [6, 6.07) is 6.99. The van der Waals surface area contributed by atoms with Crippen molar-refractivity contribution in [3.63, 3.8) is 0 Å². The fourth-order valence-electron chi connectivity index (χ4n) is 2.72. The van der Waals surface area contributed by atoms with Crippen molar-refractivity contribution in [2.45, 2.75) is 13.8 Å². The predicted molar refractivity (Wildman–Crippen MR) is 113 cm³/mol. The van der Waals surface area contributed by atoms with E-state index in [1.165, 1.54) is 22.3 Å². The Bertz CT molecular complexity index is 1010. The number of likely N-dealkylation sites (N-methyl/N-ethyl adjacent to an activating group) is 1. The Balaban J connectivity index is 0.00000280. The van der Waals surface area contributed by atoms with Gasteiger partial charge in [-0.05, 0) is 57.3 Å². The zero-order valence-electron chi connectivity index (χ0n) is 16.1.